The van der Waals surface area contributed by atoms with E-state index in [4.69, 9.17) is 4.74 Å². The van der Waals surface area contributed by atoms with Crippen molar-refractivity contribution in [3.8, 4) is 11.8 Å². The Labute approximate surface area is 82.4 Å². The Morgan fingerprint density at radius 3 is 2.29 bits per heavy atom. The molecule has 1 aromatic carbocycles. The van der Waals surface area contributed by atoms with Gasteiger partial charge in [0.1, 0.15) is 5.75 Å². The summed E-state index contributed by atoms with van der Waals surface area (Å²) in [5.41, 5.74) is 1.20. The van der Waals surface area contributed by atoms with Crippen LogP contribution in [0.2, 0.25) is 0 Å². The first-order valence-corrected chi connectivity index (χ1v) is 4.36. The van der Waals surface area contributed by atoms with Crippen molar-refractivity contribution < 1.29 is 4.74 Å². The Kier molecular flexibility index (Phi) is 2.40. The van der Waals surface area contributed by atoms with Crippen molar-refractivity contribution in [2.24, 2.45) is 0 Å². The van der Waals surface area contributed by atoms with Crippen molar-refractivity contribution in [1.82, 2.24) is 9.97 Å². The summed E-state index contributed by atoms with van der Waals surface area (Å²) < 4.78 is 5.41. The second-order valence-electron chi connectivity index (χ2n) is 2.95. The van der Waals surface area contributed by atoms with Crippen LogP contribution in [0.4, 0.5) is 0 Å². The molecule has 0 atom stereocenters. The topological polar surface area (TPSA) is 35.0 Å². The standard InChI is InChI=1S/C11H10N2O/c1-9-3-5-10(6-4-9)14-11-12-7-2-8-13-11/h2-8H,1H3. The van der Waals surface area contributed by atoms with E-state index in [1.165, 1.54) is 5.56 Å². The molecular formula is C11H10N2O. The zero-order chi connectivity index (χ0) is 9.80. The van der Waals surface area contributed by atoms with Crippen molar-refractivity contribution in [3.05, 3.63) is 48.3 Å². The molecule has 0 aliphatic heterocycles. The van der Waals surface area contributed by atoms with Crippen LogP contribution in [0.5, 0.6) is 11.8 Å². The molecule has 0 spiro atoms. The summed E-state index contributed by atoms with van der Waals surface area (Å²) in [7, 11) is 0. The van der Waals surface area contributed by atoms with Crippen molar-refractivity contribution in [2.75, 3.05) is 0 Å². The van der Waals surface area contributed by atoms with Crippen LogP contribution < -0.4 is 4.74 Å². The smallest absolute Gasteiger partial charge is 0.321 e. The lowest BCUT2D eigenvalue weighted by Gasteiger charge is -2.02. The van der Waals surface area contributed by atoms with E-state index >= 15 is 0 Å². The SMILES string of the molecule is Cc1ccc(Oc2ncccn2)cc1. The molecule has 3 nitrogen and oxygen atoms in total. The monoisotopic (exact) mass is 186 g/mol. The predicted molar refractivity (Wildman–Crippen MR) is 53.3 cm³/mol. The highest BCUT2D eigenvalue weighted by Gasteiger charge is 1.97. The number of aryl methyl sites for hydroxylation is 1. The Bertz CT molecular complexity index is 397. The Balaban J connectivity index is 2.16. The summed E-state index contributed by atoms with van der Waals surface area (Å²) in [4.78, 5) is 7.93. The molecule has 1 aromatic heterocycles. The van der Waals surface area contributed by atoms with E-state index in [1.54, 1.807) is 18.5 Å². The van der Waals surface area contributed by atoms with Crippen LogP contribution in [0.15, 0.2) is 42.7 Å². The van der Waals surface area contributed by atoms with Gasteiger partial charge in [0.2, 0.25) is 0 Å². The van der Waals surface area contributed by atoms with Gasteiger partial charge in [0.05, 0.1) is 0 Å². The van der Waals surface area contributed by atoms with Gasteiger partial charge in [0, 0.05) is 12.4 Å². The van der Waals surface area contributed by atoms with Crippen LogP contribution in [0.25, 0.3) is 0 Å². The maximum Gasteiger partial charge on any atom is 0.321 e. The fourth-order valence-electron chi connectivity index (χ4n) is 1.05. The van der Waals surface area contributed by atoms with Gasteiger partial charge in [-0.1, -0.05) is 17.7 Å². The van der Waals surface area contributed by atoms with Gasteiger partial charge in [-0.25, -0.2) is 9.97 Å². The number of benzene rings is 1. The molecule has 2 aromatic rings. The summed E-state index contributed by atoms with van der Waals surface area (Å²) in [5, 5.41) is 0. The molecule has 1 heterocycles. The third-order valence-corrected chi connectivity index (χ3v) is 1.77. The molecule has 0 aliphatic carbocycles. The average molecular weight is 186 g/mol. The molecule has 0 fully saturated rings. The fraction of sp³-hybridized carbons (Fsp3) is 0.0909. The highest BCUT2D eigenvalue weighted by Crippen LogP contribution is 2.16. The summed E-state index contributed by atoms with van der Waals surface area (Å²) in [5.74, 6) is 0.752. The van der Waals surface area contributed by atoms with Crippen LogP contribution >= 0.6 is 0 Å². The van der Waals surface area contributed by atoms with Crippen molar-refractivity contribution in [3.63, 3.8) is 0 Å². The van der Waals surface area contributed by atoms with Gasteiger partial charge in [-0.15, -0.1) is 0 Å². The van der Waals surface area contributed by atoms with Gasteiger partial charge in [-0.3, -0.25) is 0 Å². The van der Waals surface area contributed by atoms with Crippen molar-refractivity contribution in [2.45, 2.75) is 6.92 Å². The number of nitrogens with zero attached hydrogens (tertiary/aromatic N) is 2. The van der Waals surface area contributed by atoms with Crippen LogP contribution in [0, 0.1) is 6.92 Å². The number of rotatable bonds is 2. The van der Waals surface area contributed by atoms with E-state index < -0.39 is 0 Å². The summed E-state index contributed by atoms with van der Waals surface area (Å²) >= 11 is 0. The first kappa shape index (κ1) is 8.69. The van der Waals surface area contributed by atoms with Crippen molar-refractivity contribution >= 4 is 0 Å². The number of aromatic nitrogens is 2. The molecule has 0 radical (unpaired) electrons. The highest BCUT2D eigenvalue weighted by molar-refractivity contribution is 5.28. The molecule has 0 saturated carbocycles. The maximum absolute atomic E-state index is 5.41. The average Bonchev–Trinajstić information content (AvgIpc) is 2.23. The van der Waals surface area contributed by atoms with E-state index in [9.17, 15) is 0 Å². The second kappa shape index (κ2) is 3.87. The first-order chi connectivity index (χ1) is 6.84. The third-order valence-electron chi connectivity index (χ3n) is 1.77. The van der Waals surface area contributed by atoms with E-state index in [1.807, 2.05) is 31.2 Å². The molecule has 14 heavy (non-hydrogen) atoms. The molecule has 70 valence electrons. The minimum Gasteiger partial charge on any atom is -0.424 e. The van der Waals surface area contributed by atoms with E-state index in [0.29, 0.717) is 6.01 Å². The summed E-state index contributed by atoms with van der Waals surface area (Å²) in [6.45, 7) is 2.03. The molecule has 0 amide bonds. The van der Waals surface area contributed by atoms with Gasteiger partial charge in [-0.05, 0) is 25.1 Å². The summed E-state index contributed by atoms with van der Waals surface area (Å²) in [6, 6.07) is 9.88. The maximum atomic E-state index is 5.41. The molecule has 2 rings (SSSR count). The van der Waals surface area contributed by atoms with Gasteiger partial charge in [-0.2, -0.15) is 0 Å². The Hall–Kier alpha value is -1.90. The first-order valence-electron chi connectivity index (χ1n) is 4.36. The molecular weight excluding hydrogens is 176 g/mol. The largest absolute Gasteiger partial charge is 0.424 e. The Morgan fingerprint density at radius 1 is 1.00 bits per heavy atom. The quantitative estimate of drug-likeness (QED) is 0.723. The minimum absolute atomic E-state index is 0.372. The van der Waals surface area contributed by atoms with Gasteiger partial charge in [0.15, 0.2) is 0 Å². The Morgan fingerprint density at radius 2 is 1.64 bits per heavy atom. The molecule has 0 N–H and O–H groups in total. The van der Waals surface area contributed by atoms with E-state index in [0.717, 1.165) is 5.75 Å². The van der Waals surface area contributed by atoms with Gasteiger partial charge >= 0.3 is 6.01 Å². The van der Waals surface area contributed by atoms with Crippen LogP contribution in [0.3, 0.4) is 0 Å². The van der Waals surface area contributed by atoms with Crippen LogP contribution in [-0.2, 0) is 0 Å². The molecule has 0 unspecified atom stereocenters. The van der Waals surface area contributed by atoms with Crippen LogP contribution in [-0.4, -0.2) is 9.97 Å². The van der Waals surface area contributed by atoms with Crippen molar-refractivity contribution in [1.29, 1.82) is 0 Å². The fourth-order valence-corrected chi connectivity index (χ4v) is 1.05. The number of ether oxygens (including phenoxy) is 1. The third kappa shape index (κ3) is 2.07. The lowest BCUT2D eigenvalue weighted by Crippen LogP contribution is -1.89. The lowest BCUT2D eigenvalue weighted by atomic mass is 10.2. The second-order valence-corrected chi connectivity index (χ2v) is 2.95. The molecule has 0 bridgehead atoms. The molecule has 0 saturated heterocycles. The molecule has 0 aliphatic rings. The minimum atomic E-state index is 0.372. The van der Waals surface area contributed by atoms with E-state index in [-0.39, 0.29) is 0 Å². The van der Waals surface area contributed by atoms with Crippen LogP contribution in [0.1, 0.15) is 5.56 Å². The van der Waals surface area contributed by atoms with Gasteiger partial charge in [0.25, 0.3) is 0 Å². The van der Waals surface area contributed by atoms with E-state index in [2.05, 4.69) is 9.97 Å². The number of hydrogen-bond donors (Lipinski definition) is 0. The summed E-state index contributed by atoms with van der Waals surface area (Å²) in [6.07, 6.45) is 3.30. The van der Waals surface area contributed by atoms with Gasteiger partial charge < -0.3 is 4.74 Å². The lowest BCUT2D eigenvalue weighted by molar-refractivity contribution is 0.441. The zero-order valence-corrected chi connectivity index (χ0v) is 7.84. The zero-order valence-electron chi connectivity index (χ0n) is 7.84. The highest BCUT2D eigenvalue weighted by atomic mass is 16.5. The number of hydrogen-bond acceptors (Lipinski definition) is 3. The molecule has 3 heteroatoms. The normalized spacial score (nSPS) is 9.79. The predicted octanol–water partition coefficient (Wildman–Crippen LogP) is 2.58.